The predicted octanol–water partition coefficient (Wildman–Crippen LogP) is 6.38. The van der Waals surface area contributed by atoms with Gasteiger partial charge in [-0.15, -0.1) is 0 Å². The summed E-state index contributed by atoms with van der Waals surface area (Å²) in [6.07, 6.45) is 3.83. The Morgan fingerprint density at radius 2 is 1.77 bits per heavy atom. The number of nitrogens with one attached hydrogen (secondary N) is 1. The van der Waals surface area contributed by atoms with E-state index in [1.807, 2.05) is 67.5 Å². The fourth-order valence-corrected chi connectivity index (χ4v) is 3.93. The fourth-order valence-electron chi connectivity index (χ4n) is 3.80. The molecule has 0 bridgehead atoms. The largest absolute Gasteiger partial charge is 0.498 e. The summed E-state index contributed by atoms with van der Waals surface area (Å²) < 4.78 is 6.09. The maximum absolute atomic E-state index is 13.2. The molecule has 1 amide bonds. The van der Waals surface area contributed by atoms with Gasteiger partial charge in [0.25, 0.3) is 5.91 Å². The minimum Gasteiger partial charge on any atom is -0.498 e. The second-order valence-corrected chi connectivity index (χ2v) is 9.17. The molecule has 0 spiro atoms. The summed E-state index contributed by atoms with van der Waals surface area (Å²) in [6, 6.07) is 15.2. The van der Waals surface area contributed by atoms with Gasteiger partial charge in [0.2, 0.25) is 0 Å². The number of allylic oxidation sites excluding steroid dienone is 1. The van der Waals surface area contributed by atoms with Crippen LogP contribution in [0.5, 0.6) is 0 Å². The van der Waals surface area contributed by atoms with Crippen LogP contribution in [0.25, 0.3) is 0 Å². The van der Waals surface area contributed by atoms with Crippen LogP contribution >= 0.6 is 11.6 Å². The highest BCUT2D eigenvalue weighted by Gasteiger charge is 2.26. The number of carbonyl (C=O) groups excluding carboxylic acids is 1. The zero-order valence-corrected chi connectivity index (χ0v) is 19.7. The maximum atomic E-state index is 13.2. The number of rotatable bonds is 8. The quantitative estimate of drug-likeness (QED) is 0.517. The van der Waals surface area contributed by atoms with E-state index >= 15 is 0 Å². The third kappa shape index (κ3) is 6.27. The van der Waals surface area contributed by atoms with Crippen LogP contribution < -0.4 is 10.2 Å². The van der Waals surface area contributed by atoms with Crippen molar-refractivity contribution in [2.75, 3.05) is 25.6 Å². The van der Waals surface area contributed by atoms with Gasteiger partial charge < -0.3 is 15.0 Å². The van der Waals surface area contributed by atoms with Crippen LogP contribution in [0.4, 0.5) is 5.69 Å². The first-order valence-electron chi connectivity index (χ1n) is 11.0. The molecule has 2 aromatic carbocycles. The molecule has 1 heterocycles. The van der Waals surface area contributed by atoms with Crippen molar-refractivity contribution in [1.82, 2.24) is 5.32 Å². The van der Waals surface area contributed by atoms with E-state index in [1.165, 1.54) is 5.57 Å². The van der Waals surface area contributed by atoms with Gasteiger partial charge in [0.15, 0.2) is 0 Å². The Bertz CT molecular complexity index is 902. The van der Waals surface area contributed by atoms with E-state index in [2.05, 4.69) is 19.2 Å². The number of benzene rings is 2. The molecule has 1 atom stereocenters. The number of nitrogens with zero attached hydrogens (tertiary/aromatic N) is 1. The average molecular weight is 441 g/mol. The van der Waals surface area contributed by atoms with Crippen LogP contribution in [0.15, 0.2) is 59.9 Å². The van der Waals surface area contributed by atoms with E-state index in [9.17, 15) is 4.79 Å². The lowest BCUT2D eigenvalue weighted by Crippen LogP contribution is -2.31. The molecule has 5 heteroatoms. The van der Waals surface area contributed by atoms with Crippen LogP contribution in [0, 0.1) is 5.92 Å². The van der Waals surface area contributed by atoms with Gasteiger partial charge in [-0.05, 0) is 72.7 Å². The minimum absolute atomic E-state index is 0.0912. The molecule has 1 aliphatic rings. The van der Waals surface area contributed by atoms with Gasteiger partial charge in [0.1, 0.15) is 0 Å². The lowest BCUT2D eigenvalue weighted by atomic mass is 9.90. The Kier molecular flexibility index (Phi) is 8.03. The lowest BCUT2D eigenvalue weighted by molar-refractivity contribution is 0.0937. The molecular formula is C26H33ClN2O2. The van der Waals surface area contributed by atoms with Crippen LogP contribution in [0.3, 0.4) is 0 Å². The summed E-state index contributed by atoms with van der Waals surface area (Å²) in [5, 5.41) is 3.95. The lowest BCUT2D eigenvalue weighted by Gasteiger charge is -2.29. The van der Waals surface area contributed by atoms with Crippen LogP contribution in [0.1, 0.15) is 61.5 Å². The summed E-state index contributed by atoms with van der Waals surface area (Å²) in [4.78, 5) is 15.2. The van der Waals surface area contributed by atoms with Crippen molar-refractivity contribution in [3.05, 3.63) is 76.0 Å². The van der Waals surface area contributed by atoms with Crippen LogP contribution in [-0.2, 0) is 4.74 Å². The standard InChI is InChI=1S/C26H33ClN2O2/c1-18(2)7-16-24-23(6-5-17-31-24)25(19-8-12-21(27)13-9-19)28-26(30)20-10-14-22(15-11-20)29(3)4/h8-15,18,25H,5-7,16-17H2,1-4H3,(H,28,30)/t25-/m0/s1. The van der Waals surface area contributed by atoms with Crippen molar-refractivity contribution in [2.45, 2.75) is 45.6 Å². The molecule has 1 N–H and O–H groups in total. The van der Waals surface area contributed by atoms with E-state index in [4.69, 9.17) is 16.3 Å². The van der Waals surface area contributed by atoms with Gasteiger partial charge in [-0.25, -0.2) is 0 Å². The normalized spacial score (nSPS) is 14.9. The van der Waals surface area contributed by atoms with Gasteiger partial charge in [-0.1, -0.05) is 37.6 Å². The smallest absolute Gasteiger partial charge is 0.252 e. The number of amides is 1. The zero-order chi connectivity index (χ0) is 22.4. The van der Waals surface area contributed by atoms with Crippen LogP contribution in [-0.4, -0.2) is 26.6 Å². The summed E-state index contributed by atoms with van der Waals surface area (Å²) in [7, 11) is 3.97. The number of ether oxygens (including phenoxy) is 1. The molecule has 2 aromatic rings. The first-order valence-corrected chi connectivity index (χ1v) is 11.4. The van der Waals surface area contributed by atoms with Crippen molar-refractivity contribution >= 4 is 23.2 Å². The van der Waals surface area contributed by atoms with Crippen molar-refractivity contribution in [3.8, 4) is 0 Å². The second-order valence-electron chi connectivity index (χ2n) is 8.73. The molecule has 0 aromatic heterocycles. The van der Waals surface area contributed by atoms with E-state index in [0.717, 1.165) is 49.3 Å². The van der Waals surface area contributed by atoms with Gasteiger partial charge in [0.05, 0.1) is 18.4 Å². The summed E-state index contributed by atoms with van der Waals surface area (Å²) >= 11 is 6.13. The summed E-state index contributed by atoms with van der Waals surface area (Å²) in [5.74, 6) is 1.53. The van der Waals surface area contributed by atoms with Gasteiger partial charge >= 0.3 is 0 Å². The second kappa shape index (κ2) is 10.7. The molecule has 166 valence electrons. The molecule has 4 nitrogen and oxygen atoms in total. The molecule has 0 unspecified atom stereocenters. The Morgan fingerprint density at radius 3 is 2.39 bits per heavy atom. The van der Waals surface area contributed by atoms with E-state index in [1.54, 1.807) is 0 Å². The minimum atomic E-state index is -0.235. The van der Waals surface area contributed by atoms with Crippen molar-refractivity contribution in [3.63, 3.8) is 0 Å². The highest BCUT2D eigenvalue weighted by Crippen LogP contribution is 2.34. The molecule has 3 rings (SSSR count). The van der Waals surface area contributed by atoms with Crippen molar-refractivity contribution < 1.29 is 9.53 Å². The highest BCUT2D eigenvalue weighted by molar-refractivity contribution is 6.30. The number of hydrogen-bond donors (Lipinski definition) is 1. The van der Waals surface area contributed by atoms with Crippen molar-refractivity contribution in [1.29, 1.82) is 0 Å². The molecular weight excluding hydrogens is 408 g/mol. The molecule has 0 aliphatic carbocycles. The predicted molar refractivity (Wildman–Crippen MR) is 129 cm³/mol. The molecule has 0 radical (unpaired) electrons. The molecule has 0 saturated heterocycles. The topological polar surface area (TPSA) is 41.6 Å². The first-order chi connectivity index (χ1) is 14.8. The van der Waals surface area contributed by atoms with E-state index in [0.29, 0.717) is 16.5 Å². The third-order valence-corrected chi connectivity index (χ3v) is 5.90. The molecule has 0 fully saturated rings. The summed E-state index contributed by atoms with van der Waals surface area (Å²) in [5.41, 5.74) is 3.90. The van der Waals surface area contributed by atoms with Gasteiger partial charge in [-0.2, -0.15) is 0 Å². The van der Waals surface area contributed by atoms with E-state index in [-0.39, 0.29) is 11.9 Å². The zero-order valence-electron chi connectivity index (χ0n) is 19.0. The molecule has 1 aliphatic heterocycles. The van der Waals surface area contributed by atoms with Crippen molar-refractivity contribution in [2.24, 2.45) is 5.92 Å². The Labute approximate surface area is 191 Å². The number of hydrogen-bond acceptors (Lipinski definition) is 3. The number of halogens is 1. The SMILES string of the molecule is CC(C)CCC1=C([C@@H](NC(=O)c2ccc(N(C)C)cc2)c2ccc(Cl)cc2)CCCO1. The molecule has 31 heavy (non-hydrogen) atoms. The summed E-state index contributed by atoms with van der Waals surface area (Å²) in [6.45, 7) is 5.18. The van der Waals surface area contributed by atoms with Gasteiger partial charge in [-0.3, -0.25) is 4.79 Å². The number of carbonyl (C=O) groups is 1. The van der Waals surface area contributed by atoms with E-state index < -0.39 is 0 Å². The maximum Gasteiger partial charge on any atom is 0.252 e. The number of anilines is 1. The Morgan fingerprint density at radius 1 is 1.10 bits per heavy atom. The van der Waals surface area contributed by atoms with Crippen LogP contribution in [0.2, 0.25) is 5.02 Å². The highest BCUT2D eigenvalue weighted by atomic mass is 35.5. The Balaban J connectivity index is 1.92. The monoisotopic (exact) mass is 440 g/mol. The Hall–Kier alpha value is -2.46. The molecule has 0 saturated carbocycles. The fraction of sp³-hybridized carbons (Fsp3) is 0.423. The third-order valence-electron chi connectivity index (χ3n) is 5.65. The van der Waals surface area contributed by atoms with Gasteiger partial charge in [0, 0.05) is 36.8 Å². The average Bonchev–Trinajstić information content (AvgIpc) is 2.77. The first kappa shape index (κ1) is 23.2.